The number of carbonyl (C=O) groups excluding carboxylic acids is 2. The third kappa shape index (κ3) is 4.59. The first-order valence-corrected chi connectivity index (χ1v) is 9.00. The molecular formula is C18H31BN2O5. The number of ether oxygens (including phenoxy) is 1. The Bertz CT molecular complexity index is 593. The number of amides is 2. The maximum Gasteiger partial charge on any atom is 0.467 e. The SMILES string of the molecule is CN1CC(B2OC(C)(C)C(C)(C)O2)C(CNC(=O)OC(C)(C)C)=CC1=O. The van der Waals surface area contributed by atoms with Crippen molar-refractivity contribution in [3.63, 3.8) is 0 Å². The fourth-order valence-corrected chi connectivity index (χ4v) is 2.86. The smallest absolute Gasteiger partial charge is 0.444 e. The van der Waals surface area contributed by atoms with E-state index in [4.69, 9.17) is 14.0 Å². The van der Waals surface area contributed by atoms with Gasteiger partial charge in [0.1, 0.15) is 5.60 Å². The molecule has 1 saturated heterocycles. The van der Waals surface area contributed by atoms with Crippen molar-refractivity contribution < 1.29 is 23.6 Å². The van der Waals surface area contributed by atoms with Gasteiger partial charge in [0.2, 0.25) is 5.91 Å². The molecule has 0 aromatic carbocycles. The molecule has 8 heteroatoms. The van der Waals surface area contributed by atoms with Crippen LogP contribution < -0.4 is 5.32 Å². The second kappa shape index (κ2) is 6.89. The van der Waals surface area contributed by atoms with Gasteiger partial charge in [-0.3, -0.25) is 4.79 Å². The molecule has 7 nitrogen and oxygen atoms in total. The lowest BCUT2D eigenvalue weighted by atomic mass is 9.66. The summed E-state index contributed by atoms with van der Waals surface area (Å²) in [5.74, 6) is -0.257. The van der Waals surface area contributed by atoms with Gasteiger partial charge in [-0.2, -0.15) is 0 Å². The highest BCUT2D eigenvalue weighted by atomic mass is 16.7. The van der Waals surface area contributed by atoms with Crippen LogP contribution in [0.25, 0.3) is 0 Å². The van der Waals surface area contributed by atoms with Crippen LogP contribution in [0, 0.1) is 0 Å². The molecule has 1 N–H and O–H groups in total. The Balaban J connectivity index is 2.13. The number of alkyl carbamates (subject to hydrolysis) is 1. The van der Waals surface area contributed by atoms with E-state index in [2.05, 4.69) is 5.32 Å². The van der Waals surface area contributed by atoms with Gasteiger partial charge in [-0.25, -0.2) is 4.79 Å². The summed E-state index contributed by atoms with van der Waals surface area (Å²) in [5.41, 5.74) is -0.716. The highest BCUT2D eigenvalue weighted by Gasteiger charge is 2.55. The summed E-state index contributed by atoms with van der Waals surface area (Å²) in [6.07, 6.45) is 1.04. The summed E-state index contributed by atoms with van der Waals surface area (Å²) in [4.78, 5) is 25.7. The molecule has 26 heavy (non-hydrogen) atoms. The fourth-order valence-electron chi connectivity index (χ4n) is 2.86. The number of nitrogens with zero attached hydrogens (tertiary/aromatic N) is 1. The highest BCUT2D eigenvalue weighted by Crippen LogP contribution is 2.42. The lowest BCUT2D eigenvalue weighted by molar-refractivity contribution is -0.125. The lowest BCUT2D eigenvalue weighted by Crippen LogP contribution is -2.43. The van der Waals surface area contributed by atoms with E-state index in [1.165, 1.54) is 0 Å². The predicted molar refractivity (Wildman–Crippen MR) is 99.8 cm³/mol. The molecule has 0 aromatic heterocycles. The molecular weight excluding hydrogens is 335 g/mol. The van der Waals surface area contributed by atoms with Crippen LogP contribution in [0.1, 0.15) is 48.5 Å². The Morgan fingerprint density at radius 1 is 1.31 bits per heavy atom. The van der Waals surface area contributed by atoms with Gasteiger partial charge >= 0.3 is 13.2 Å². The summed E-state index contributed by atoms with van der Waals surface area (Å²) in [6, 6.07) is 0. The largest absolute Gasteiger partial charge is 0.467 e. The Morgan fingerprint density at radius 2 is 1.85 bits per heavy atom. The van der Waals surface area contributed by atoms with Crippen LogP contribution in [0.2, 0.25) is 5.82 Å². The molecule has 2 rings (SSSR count). The normalized spacial score (nSPS) is 25.2. The van der Waals surface area contributed by atoms with Gasteiger partial charge in [0.05, 0.1) is 11.2 Å². The number of hydrogen-bond acceptors (Lipinski definition) is 5. The van der Waals surface area contributed by atoms with Crippen LogP contribution in [0.5, 0.6) is 0 Å². The molecule has 0 aromatic rings. The van der Waals surface area contributed by atoms with E-state index in [-0.39, 0.29) is 18.3 Å². The molecule has 0 bridgehead atoms. The predicted octanol–water partition coefficient (Wildman–Crippen LogP) is 2.37. The number of hydrogen-bond donors (Lipinski definition) is 1. The van der Waals surface area contributed by atoms with E-state index in [1.54, 1.807) is 38.8 Å². The van der Waals surface area contributed by atoms with Crippen molar-refractivity contribution in [2.24, 2.45) is 0 Å². The average molecular weight is 366 g/mol. The van der Waals surface area contributed by atoms with E-state index in [0.29, 0.717) is 6.54 Å². The average Bonchev–Trinajstić information content (AvgIpc) is 2.66. The van der Waals surface area contributed by atoms with Crippen LogP contribution in [-0.2, 0) is 18.8 Å². The summed E-state index contributed by atoms with van der Waals surface area (Å²) in [6.45, 7) is 14.1. The second-order valence-corrected chi connectivity index (χ2v) is 9.02. The molecule has 2 heterocycles. The van der Waals surface area contributed by atoms with Crippen LogP contribution in [0.3, 0.4) is 0 Å². The van der Waals surface area contributed by atoms with E-state index in [1.807, 2.05) is 27.7 Å². The number of rotatable bonds is 3. The summed E-state index contributed by atoms with van der Waals surface area (Å²) < 4.78 is 17.6. The van der Waals surface area contributed by atoms with Gasteiger partial charge in [-0.1, -0.05) is 0 Å². The Morgan fingerprint density at radius 3 is 2.35 bits per heavy atom. The van der Waals surface area contributed by atoms with Gasteiger partial charge in [0.15, 0.2) is 0 Å². The maximum absolute atomic E-state index is 12.1. The molecule has 0 spiro atoms. The quantitative estimate of drug-likeness (QED) is 0.776. The Labute approximate surface area is 156 Å². The van der Waals surface area contributed by atoms with Crippen molar-refractivity contribution >= 4 is 19.1 Å². The van der Waals surface area contributed by atoms with Crippen molar-refractivity contribution in [1.82, 2.24) is 10.2 Å². The summed E-state index contributed by atoms with van der Waals surface area (Å²) >= 11 is 0. The number of carbonyl (C=O) groups is 2. The first kappa shape index (κ1) is 20.8. The maximum atomic E-state index is 12.1. The Kier molecular flexibility index (Phi) is 5.50. The minimum absolute atomic E-state index is 0.0984. The van der Waals surface area contributed by atoms with Crippen molar-refractivity contribution in [3.8, 4) is 0 Å². The number of likely N-dealkylation sites (N-methyl/N-ethyl adjacent to an activating group) is 1. The van der Waals surface area contributed by atoms with Crippen LogP contribution >= 0.6 is 0 Å². The summed E-state index contributed by atoms with van der Waals surface area (Å²) in [7, 11) is 1.26. The topological polar surface area (TPSA) is 77.1 Å². The first-order chi connectivity index (χ1) is 11.7. The van der Waals surface area contributed by atoms with Gasteiger partial charge in [0, 0.05) is 32.0 Å². The lowest BCUT2D eigenvalue weighted by Gasteiger charge is -2.32. The molecule has 0 aliphatic carbocycles. The van der Waals surface area contributed by atoms with E-state index < -0.39 is 30.0 Å². The van der Waals surface area contributed by atoms with Crippen molar-refractivity contribution in [2.75, 3.05) is 20.1 Å². The van der Waals surface area contributed by atoms with Crippen molar-refractivity contribution in [1.29, 1.82) is 0 Å². The van der Waals surface area contributed by atoms with E-state index >= 15 is 0 Å². The molecule has 0 radical (unpaired) electrons. The van der Waals surface area contributed by atoms with Crippen molar-refractivity contribution in [2.45, 2.75) is 71.1 Å². The monoisotopic (exact) mass is 366 g/mol. The fraction of sp³-hybridized carbons (Fsp3) is 0.778. The zero-order valence-corrected chi connectivity index (χ0v) is 17.1. The molecule has 146 valence electrons. The Hall–Kier alpha value is -1.54. The van der Waals surface area contributed by atoms with Gasteiger partial charge in [-0.05, 0) is 54.0 Å². The third-order valence-corrected chi connectivity index (χ3v) is 5.07. The van der Waals surface area contributed by atoms with Crippen LogP contribution in [0.4, 0.5) is 4.79 Å². The molecule has 2 amide bonds. The standard InChI is InChI=1S/C18H31BN2O5/c1-16(2,3)24-15(23)20-10-12-9-14(22)21(8)11-13(12)19-25-17(4,5)18(6,7)26-19/h9,13H,10-11H2,1-8H3,(H,20,23). The summed E-state index contributed by atoms with van der Waals surface area (Å²) in [5, 5.41) is 2.73. The zero-order valence-electron chi connectivity index (χ0n) is 17.1. The second-order valence-electron chi connectivity index (χ2n) is 9.02. The first-order valence-electron chi connectivity index (χ1n) is 9.00. The molecule has 1 atom stereocenters. The molecule has 1 fully saturated rings. The van der Waals surface area contributed by atoms with Crippen molar-refractivity contribution in [3.05, 3.63) is 11.6 Å². The molecule has 2 aliphatic heterocycles. The molecule has 1 unspecified atom stereocenters. The van der Waals surface area contributed by atoms with Gasteiger partial charge in [-0.15, -0.1) is 0 Å². The highest BCUT2D eigenvalue weighted by molar-refractivity contribution is 6.49. The molecule has 2 aliphatic rings. The number of nitrogens with one attached hydrogen (secondary N) is 1. The minimum atomic E-state index is -0.577. The van der Waals surface area contributed by atoms with Gasteiger partial charge in [0.25, 0.3) is 0 Å². The zero-order chi connectivity index (χ0) is 19.9. The van der Waals surface area contributed by atoms with E-state index in [0.717, 1.165) is 5.57 Å². The minimum Gasteiger partial charge on any atom is -0.444 e. The van der Waals surface area contributed by atoms with Crippen LogP contribution in [0.15, 0.2) is 11.6 Å². The third-order valence-electron chi connectivity index (χ3n) is 5.07. The van der Waals surface area contributed by atoms with Gasteiger partial charge < -0.3 is 24.3 Å². The van der Waals surface area contributed by atoms with E-state index in [9.17, 15) is 9.59 Å². The molecule has 0 saturated carbocycles. The van der Waals surface area contributed by atoms with Crippen LogP contribution in [-0.4, -0.2) is 61.0 Å².